The monoisotopic (exact) mass is 519 g/mol. The van der Waals surface area contributed by atoms with E-state index in [1.165, 1.54) is 5.56 Å². The minimum atomic E-state index is 0.364. The Hall–Kier alpha value is -4.66. The number of nitrogens with zero attached hydrogens (tertiary/aromatic N) is 7. The Morgan fingerprint density at radius 2 is 1.59 bits per heavy atom. The first-order chi connectivity index (χ1) is 19.0. The number of rotatable bonds is 10. The molecule has 5 aromatic rings. The van der Waals surface area contributed by atoms with Crippen molar-refractivity contribution >= 4 is 17.5 Å². The van der Waals surface area contributed by atoms with Gasteiger partial charge in [-0.1, -0.05) is 82.3 Å². The van der Waals surface area contributed by atoms with Gasteiger partial charge in [-0.3, -0.25) is 0 Å². The van der Waals surface area contributed by atoms with Gasteiger partial charge in [-0.15, -0.1) is 5.10 Å². The fourth-order valence-corrected chi connectivity index (χ4v) is 4.39. The van der Waals surface area contributed by atoms with Crippen molar-refractivity contribution in [2.45, 2.75) is 40.2 Å². The van der Waals surface area contributed by atoms with Gasteiger partial charge in [0.05, 0.1) is 5.69 Å². The molecular formula is C30H33N9. The predicted molar refractivity (Wildman–Crippen MR) is 155 cm³/mol. The van der Waals surface area contributed by atoms with E-state index in [1.807, 2.05) is 48.8 Å². The van der Waals surface area contributed by atoms with Crippen molar-refractivity contribution in [1.29, 1.82) is 0 Å². The van der Waals surface area contributed by atoms with Crippen LogP contribution in [0.5, 0.6) is 0 Å². The number of aromatic amines is 1. The Labute approximate surface area is 228 Å². The molecular weight excluding hydrogens is 486 g/mol. The second kappa shape index (κ2) is 11.8. The van der Waals surface area contributed by atoms with Crippen molar-refractivity contribution in [1.82, 2.24) is 35.6 Å². The van der Waals surface area contributed by atoms with Crippen molar-refractivity contribution in [3.63, 3.8) is 0 Å². The summed E-state index contributed by atoms with van der Waals surface area (Å²) >= 11 is 0. The van der Waals surface area contributed by atoms with Crippen LogP contribution in [0.1, 0.15) is 44.7 Å². The fourth-order valence-electron chi connectivity index (χ4n) is 4.39. The van der Waals surface area contributed by atoms with E-state index in [4.69, 9.17) is 4.98 Å². The summed E-state index contributed by atoms with van der Waals surface area (Å²) in [5, 5.41) is 18.0. The lowest BCUT2D eigenvalue weighted by Gasteiger charge is -2.27. The number of tetrazole rings is 1. The van der Waals surface area contributed by atoms with Crippen LogP contribution in [-0.2, 0) is 6.54 Å². The molecule has 39 heavy (non-hydrogen) atoms. The molecule has 0 aliphatic rings. The molecule has 0 atom stereocenters. The summed E-state index contributed by atoms with van der Waals surface area (Å²) in [5.41, 5.74) is 5.75. The molecule has 0 saturated carbocycles. The van der Waals surface area contributed by atoms with Crippen molar-refractivity contribution in [3.05, 3.63) is 90.3 Å². The lowest BCUT2D eigenvalue weighted by molar-refractivity contribution is 0.605. The van der Waals surface area contributed by atoms with E-state index in [0.717, 1.165) is 47.0 Å². The summed E-state index contributed by atoms with van der Waals surface area (Å²) in [6.07, 6.45) is 3.74. The van der Waals surface area contributed by atoms with Gasteiger partial charge in [0.25, 0.3) is 0 Å². The third-order valence-corrected chi connectivity index (χ3v) is 6.34. The number of benzene rings is 2. The first-order valence-electron chi connectivity index (χ1n) is 13.2. The zero-order chi connectivity index (χ0) is 27.2. The highest BCUT2D eigenvalue weighted by Crippen LogP contribution is 2.33. The first kappa shape index (κ1) is 26.0. The fraction of sp³-hybridized carbons (Fsp3) is 0.267. The van der Waals surface area contributed by atoms with Crippen LogP contribution < -0.4 is 10.2 Å². The molecule has 0 amide bonds. The van der Waals surface area contributed by atoms with Gasteiger partial charge in [0.1, 0.15) is 5.82 Å². The Bertz CT molecular complexity index is 1480. The molecule has 0 bridgehead atoms. The van der Waals surface area contributed by atoms with Gasteiger partial charge in [-0.25, -0.2) is 20.1 Å². The Balaban J connectivity index is 1.60. The van der Waals surface area contributed by atoms with Crippen LogP contribution in [0.25, 0.3) is 22.6 Å². The molecule has 0 unspecified atom stereocenters. The van der Waals surface area contributed by atoms with E-state index in [1.54, 1.807) is 0 Å². The molecule has 0 fully saturated rings. The molecule has 0 spiro atoms. The molecule has 9 nitrogen and oxygen atoms in total. The number of anilines is 3. The summed E-state index contributed by atoms with van der Waals surface area (Å²) < 4.78 is 0. The van der Waals surface area contributed by atoms with Gasteiger partial charge >= 0.3 is 0 Å². The van der Waals surface area contributed by atoms with E-state index in [2.05, 4.69) is 98.8 Å². The quantitative estimate of drug-likeness (QED) is 0.223. The van der Waals surface area contributed by atoms with Crippen LogP contribution in [0, 0.1) is 5.92 Å². The zero-order valence-electron chi connectivity index (χ0n) is 22.7. The summed E-state index contributed by atoms with van der Waals surface area (Å²) in [5.74, 6) is 2.78. The number of hydrogen-bond donors (Lipinski definition) is 2. The van der Waals surface area contributed by atoms with Gasteiger partial charge in [0, 0.05) is 48.4 Å². The van der Waals surface area contributed by atoms with Gasteiger partial charge in [-0.05, 0) is 39.5 Å². The van der Waals surface area contributed by atoms with E-state index >= 15 is 0 Å². The normalized spacial score (nSPS) is 11.2. The largest absolute Gasteiger partial charge is 0.352 e. The number of nitrogens with one attached hydrogen (secondary N) is 2. The lowest BCUT2D eigenvalue weighted by atomic mass is 10.0. The third-order valence-electron chi connectivity index (χ3n) is 6.34. The number of hydrogen-bond acceptors (Lipinski definition) is 8. The maximum absolute atomic E-state index is 5.17. The molecule has 3 heterocycles. The minimum absolute atomic E-state index is 0.364. The molecule has 5 rings (SSSR count). The molecule has 2 N–H and O–H groups in total. The molecule has 3 aromatic heterocycles. The van der Waals surface area contributed by atoms with Crippen molar-refractivity contribution < 1.29 is 0 Å². The first-order valence-corrected chi connectivity index (χ1v) is 13.2. The standard InChI is InChI=1S/C30H33N9/c1-20(2)18-39(19-22-10-6-5-7-11-22)28-15-24(33-30-31-16-23(17-32-30)21(3)4)14-27(34-28)25-12-8-9-13-26(25)29-35-37-38-36-29/h5-17,20-21H,18-19H2,1-4H3,(H,31,32,33,34)(H,35,36,37,38). The average molecular weight is 520 g/mol. The van der Waals surface area contributed by atoms with E-state index < -0.39 is 0 Å². The highest BCUT2D eigenvalue weighted by molar-refractivity contribution is 5.81. The lowest BCUT2D eigenvalue weighted by Crippen LogP contribution is -2.28. The second-order valence-corrected chi connectivity index (χ2v) is 10.3. The Morgan fingerprint density at radius 3 is 2.26 bits per heavy atom. The van der Waals surface area contributed by atoms with Crippen molar-refractivity contribution in [3.8, 4) is 22.6 Å². The van der Waals surface area contributed by atoms with E-state index in [0.29, 0.717) is 23.6 Å². The zero-order valence-corrected chi connectivity index (χ0v) is 22.7. The molecule has 198 valence electrons. The van der Waals surface area contributed by atoms with Crippen LogP contribution in [-0.4, -0.2) is 42.1 Å². The van der Waals surface area contributed by atoms with Crippen molar-refractivity contribution in [2.24, 2.45) is 5.92 Å². The topological polar surface area (TPSA) is 108 Å². The smallest absolute Gasteiger partial charge is 0.227 e. The van der Waals surface area contributed by atoms with Crippen LogP contribution >= 0.6 is 0 Å². The maximum Gasteiger partial charge on any atom is 0.227 e. The Kier molecular flexibility index (Phi) is 7.86. The van der Waals surface area contributed by atoms with Gasteiger partial charge in [0.2, 0.25) is 5.95 Å². The maximum atomic E-state index is 5.17. The third kappa shape index (κ3) is 6.43. The SMILES string of the molecule is CC(C)CN(Cc1ccccc1)c1cc(Nc2ncc(C(C)C)cn2)cc(-c2ccccc2-c2nnn[nH]2)n1. The summed E-state index contributed by atoms with van der Waals surface area (Å²) in [6, 6.07) is 22.5. The van der Waals surface area contributed by atoms with Crippen LogP contribution in [0.4, 0.5) is 17.5 Å². The Morgan fingerprint density at radius 1 is 0.872 bits per heavy atom. The van der Waals surface area contributed by atoms with Gasteiger partial charge in [-0.2, -0.15) is 0 Å². The van der Waals surface area contributed by atoms with Crippen LogP contribution in [0.3, 0.4) is 0 Å². The van der Waals surface area contributed by atoms with Crippen LogP contribution in [0.15, 0.2) is 79.1 Å². The number of aromatic nitrogens is 7. The second-order valence-electron chi connectivity index (χ2n) is 10.3. The van der Waals surface area contributed by atoms with E-state index in [9.17, 15) is 0 Å². The number of pyridine rings is 1. The molecule has 0 aliphatic heterocycles. The summed E-state index contributed by atoms with van der Waals surface area (Å²) in [4.78, 5) is 16.6. The highest BCUT2D eigenvalue weighted by Gasteiger charge is 2.17. The molecule has 2 aromatic carbocycles. The molecule has 9 heteroatoms. The van der Waals surface area contributed by atoms with Crippen molar-refractivity contribution in [2.75, 3.05) is 16.8 Å². The molecule has 0 aliphatic carbocycles. The molecule has 0 radical (unpaired) electrons. The average Bonchev–Trinajstić information content (AvgIpc) is 3.48. The molecule has 0 saturated heterocycles. The highest BCUT2D eigenvalue weighted by atomic mass is 15.5. The van der Waals surface area contributed by atoms with E-state index in [-0.39, 0.29) is 0 Å². The predicted octanol–water partition coefficient (Wildman–Crippen LogP) is 6.25. The van der Waals surface area contributed by atoms with Gasteiger partial charge < -0.3 is 10.2 Å². The summed E-state index contributed by atoms with van der Waals surface area (Å²) in [6.45, 7) is 10.3. The van der Waals surface area contributed by atoms with Gasteiger partial charge in [0.15, 0.2) is 5.82 Å². The van der Waals surface area contributed by atoms with Crippen LogP contribution in [0.2, 0.25) is 0 Å². The minimum Gasteiger partial charge on any atom is -0.352 e. The summed E-state index contributed by atoms with van der Waals surface area (Å²) in [7, 11) is 0. The number of H-pyrrole nitrogens is 1.